The minimum Gasteiger partial charge on any atom is -0.286 e. The second-order valence-electron chi connectivity index (χ2n) is 5.99. The third-order valence-corrected chi connectivity index (χ3v) is 5.66. The number of nitro groups is 2. The smallest absolute Gasteiger partial charge is 0.269 e. The summed E-state index contributed by atoms with van der Waals surface area (Å²) in [6.45, 7) is 0. The number of nitrogens with zero attached hydrogens (tertiary/aromatic N) is 4. The standard InChI is InChI=1S/C19H11BrN4O4S/c20-12-1-10-17-18(11-12)29-19(21-17)22(13-2-6-15(7-3-13)23(25)26)14-4-8-16(9-5-14)24(27)28/h1-11H. The molecule has 0 aliphatic carbocycles. The maximum absolute atomic E-state index is 11.0. The molecule has 8 nitrogen and oxygen atoms in total. The number of hydrogen-bond acceptors (Lipinski definition) is 7. The van der Waals surface area contributed by atoms with Crippen molar-refractivity contribution in [1.82, 2.24) is 4.98 Å². The zero-order valence-electron chi connectivity index (χ0n) is 14.6. The van der Waals surface area contributed by atoms with Crippen LogP contribution in [0.1, 0.15) is 0 Å². The number of hydrogen-bond donors (Lipinski definition) is 0. The molecule has 0 bridgehead atoms. The monoisotopic (exact) mass is 470 g/mol. The molecule has 0 saturated carbocycles. The quantitative estimate of drug-likeness (QED) is 0.248. The van der Waals surface area contributed by atoms with Gasteiger partial charge in [0.25, 0.3) is 11.4 Å². The number of aromatic nitrogens is 1. The molecule has 0 atom stereocenters. The van der Waals surface area contributed by atoms with Crippen LogP contribution >= 0.6 is 27.3 Å². The van der Waals surface area contributed by atoms with Crippen LogP contribution in [0.2, 0.25) is 0 Å². The van der Waals surface area contributed by atoms with Gasteiger partial charge in [-0.25, -0.2) is 4.98 Å². The van der Waals surface area contributed by atoms with Crippen LogP contribution in [0.5, 0.6) is 0 Å². The van der Waals surface area contributed by atoms with Gasteiger partial charge in [0.1, 0.15) is 0 Å². The normalized spacial score (nSPS) is 10.8. The van der Waals surface area contributed by atoms with E-state index in [2.05, 4.69) is 20.9 Å². The number of benzene rings is 3. The van der Waals surface area contributed by atoms with E-state index < -0.39 is 9.85 Å². The van der Waals surface area contributed by atoms with Crippen LogP contribution in [0.25, 0.3) is 10.2 Å². The van der Waals surface area contributed by atoms with E-state index >= 15 is 0 Å². The maximum Gasteiger partial charge on any atom is 0.269 e. The second kappa shape index (κ2) is 7.57. The van der Waals surface area contributed by atoms with E-state index in [-0.39, 0.29) is 11.4 Å². The minimum absolute atomic E-state index is 0.0226. The van der Waals surface area contributed by atoms with Gasteiger partial charge in [0.15, 0.2) is 5.13 Å². The lowest BCUT2D eigenvalue weighted by Gasteiger charge is -2.21. The lowest BCUT2D eigenvalue weighted by Crippen LogP contribution is -2.09. The van der Waals surface area contributed by atoms with Crippen molar-refractivity contribution in [2.75, 3.05) is 4.90 Å². The SMILES string of the molecule is O=[N+]([O-])c1ccc(N(c2ccc([N+](=O)[O-])cc2)c2nc3ccc(Br)cc3s2)cc1. The van der Waals surface area contributed by atoms with Gasteiger partial charge in [-0.1, -0.05) is 27.3 Å². The van der Waals surface area contributed by atoms with Gasteiger partial charge in [0.2, 0.25) is 0 Å². The average molecular weight is 471 g/mol. The number of anilines is 3. The predicted octanol–water partition coefficient (Wildman–Crippen LogP) is 6.35. The summed E-state index contributed by atoms with van der Waals surface area (Å²) >= 11 is 4.90. The number of thiazole rings is 1. The first kappa shape index (κ1) is 19.0. The van der Waals surface area contributed by atoms with Gasteiger partial charge in [0, 0.05) is 40.1 Å². The van der Waals surface area contributed by atoms with Gasteiger partial charge in [-0.2, -0.15) is 0 Å². The minimum atomic E-state index is -0.463. The van der Waals surface area contributed by atoms with Crippen LogP contribution in [-0.2, 0) is 0 Å². The van der Waals surface area contributed by atoms with Gasteiger partial charge >= 0.3 is 0 Å². The predicted molar refractivity (Wildman–Crippen MR) is 115 cm³/mol. The third-order valence-electron chi connectivity index (χ3n) is 4.17. The first-order valence-electron chi connectivity index (χ1n) is 8.27. The van der Waals surface area contributed by atoms with Crippen LogP contribution in [-0.4, -0.2) is 14.8 Å². The summed E-state index contributed by atoms with van der Waals surface area (Å²) in [5.41, 5.74) is 2.07. The molecule has 4 aromatic rings. The van der Waals surface area contributed by atoms with E-state index in [4.69, 9.17) is 0 Å². The first-order chi connectivity index (χ1) is 13.9. The maximum atomic E-state index is 11.0. The van der Waals surface area contributed by atoms with Crippen molar-refractivity contribution in [3.8, 4) is 0 Å². The van der Waals surface area contributed by atoms with Gasteiger partial charge < -0.3 is 0 Å². The van der Waals surface area contributed by atoms with Gasteiger partial charge in [-0.05, 0) is 42.5 Å². The summed E-state index contributed by atoms with van der Waals surface area (Å²) in [6.07, 6.45) is 0. The third kappa shape index (κ3) is 3.80. The molecule has 0 radical (unpaired) electrons. The van der Waals surface area contributed by atoms with Crippen molar-refractivity contribution in [1.29, 1.82) is 0 Å². The summed E-state index contributed by atoms with van der Waals surface area (Å²) in [7, 11) is 0. The highest BCUT2D eigenvalue weighted by Gasteiger charge is 2.19. The summed E-state index contributed by atoms with van der Waals surface area (Å²) in [6, 6.07) is 17.9. The van der Waals surface area contributed by atoms with Crippen LogP contribution < -0.4 is 4.90 Å². The van der Waals surface area contributed by atoms with E-state index in [1.165, 1.54) is 35.6 Å². The van der Waals surface area contributed by atoms with E-state index in [9.17, 15) is 20.2 Å². The number of non-ortho nitro benzene ring substituents is 2. The Hall–Kier alpha value is -3.37. The molecular formula is C19H11BrN4O4S. The Balaban J connectivity index is 1.85. The van der Waals surface area contributed by atoms with Crippen LogP contribution in [0.3, 0.4) is 0 Å². The van der Waals surface area contributed by atoms with Crippen LogP contribution in [0, 0.1) is 20.2 Å². The van der Waals surface area contributed by atoms with Crippen molar-refractivity contribution in [3.05, 3.63) is 91.4 Å². The topological polar surface area (TPSA) is 102 Å². The first-order valence-corrected chi connectivity index (χ1v) is 9.88. The molecule has 0 saturated heterocycles. The molecule has 1 aromatic heterocycles. The fourth-order valence-electron chi connectivity index (χ4n) is 2.80. The Morgan fingerprint density at radius 2 is 1.34 bits per heavy atom. The Labute approximate surface area is 176 Å². The van der Waals surface area contributed by atoms with E-state index in [1.807, 2.05) is 23.1 Å². The Morgan fingerprint density at radius 3 is 1.83 bits per heavy atom. The van der Waals surface area contributed by atoms with Crippen LogP contribution in [0.15, 0.2) is 71.2 Å². The van der Waals surface area contributed by atoms with Crippen molar-refractivity contribution in [2.24, 2.45) is 0 Å². The summed E-state index contributed by atoms with van der Waals surface area (Å²) in [5.74, 6) is 0. The number of fused-ring (bicyclic) bond motifs is 1. The lowest BCUT2D eigenvalue weighted by atomic mass is 10.2. The Kier molecular flexibility index (Phi) is 4.95. The van der Waals surface area contributed by atoms with Gasteiger partial charge in [-0.3, -0.25) is 25.1 Å². The lowest BCUT2D eigenvalue weighted by molar-refractivity contribution is -0.385. The zero-order chi connectivity index (χ0) is 20.5. The Morgan fingerprint density at radius 1 is 0.828 bits per heavy atom. The van der Waals surface area contributed by atoms with E-state index in [0.717, 1.165) is 14.7 Å². The average Bonchev–Trinajstić information content (AvgIpc) is 3.11. The van der Waals surface area contributed by atoms with E-state index in [1.54, 1.807) is 24.3 Å². The van der Waals surface area contributed by atoms with Crippen molar-refractivity contribution in [3.63, 3.8) is 0 Å². The molecule has 1 heterocycles. The molecular weight excluding hydrogens is 460 g/mol. The van der Waals surface area contributed by atoms with Crippen LogP contribution in [0.4, 0.5) is 27.9 Å². The summed E-state index contributed by atoms with van der Waals surface area (Å²) < 4.78 is 1.89. The second-order valence-corrected chi connectivity index (χ2v) is 7.92. The molecule has 0 N–H and O–H groups in total. The van der Waals surface area contributed by atoms with Crippen molar-refractivity contribution >= 4 is 65.4 Å². The summed E-state index contributed by atoms with van der Waals surface area (Å²) in [5, 5.41) is 22.6. The molecule has 10 heteroatoms. The molecule has 0 fully saturated rings. The molecule has 3 aromatic carbocycles. The molecule has 29 heavy (non-hydrogen) atoms. The van der Waals surface area contributed by atoms with Crippen molar-refractivity contribution < 1.29 is 9.85 Å². The van der Waals surface area contributed by atoms with Gasteiger partial charge in [0.05, 0.1) is 20.1 Å². The largest absolute Gasteiger partial charge is 0.286 e. The zero-order valence-corrected chi connectivity index (χ0v) is 17.0. The molecule has 0 unspecified atom stereocenters. The highest BCUT2D eigenvalue weighted by molar-refractivity contribution is 9.10. The summed E-state index contributed by atoms with van der Waals surface area (Å²) in [4.78, 5) is 27.5. The highest BCUT2D eigenvalue weighted by atomic mass is 79.9. The number of nitro benzene ring substituents is 2. The van der Waals surface area contributed by atoms with E-state index in [0.29, 0.717) is 16.5 Å². The molecule has 0 aliphatic rings. The van der Waals surface area contributed by atoms with Crippen molar-refractivity contribution in [2.45, 2.75) is 0 Å². The fraction of sp³-hybridized carbons (Fsp3) is 0. The molecule has 0 aliphatic heterocycles. The molecule has 0 amide bonds. The Bertz CT molecular complexity index is 1170. The number of rotatable bonds is 5. The molecule has 0 spiro atoms. The molecule has 144 valence electrons. The highest BCUT2D eigenvalue weighted by Crippen LogP contribution is 2.40. The fourth-order valence-corrected chi connectivity index (χ4v) is 4.36. The van der Waals surface area contributed by atoms with Gasteiger partial charge in [-0.15, -0.1) is 0 Å². The molecule has 4 rings (SSSR count). The number of halogens is 1.